The minimum Gasteiger partial charge on any atom is -0.507 e. The Labute approximate surface area is 124 Å². The average molecular weight is 278 g/mol. The second-order valence-electron chi connectivity index (χ2n) is 5.24. The van der Waals surface area contributed by atoms with Crippen LogP contribution >= 0.6 is 0 Å². The molecule has 0 radical (unpaired) electrons. The van der Waals surface area contributed by atoms with Gasteiger partial charge in [-0.25, -0.2) is 0 Å². The Balaban J connectivity index is 1.95. The first-order valence-corrected chi connectivity index (χ1v) is 7.12. The first-order chi connectivity index (χ1) is 10.2. The number of rotatable bonds is 3. The van der Waals surface area contributed by atoms with Crippen molar-refractivity contribution in [1.29, 1.82) is 0 Å². The zero-order valence-corrected chi connectivity index (χ0v) is 12.2. The molecule has 0 aliphatic carbocycles. The maximum Gasteiger partial charge on any atom is 0.125 e. The Kier molecular flexibility index (Phi) is 3.48. The van der Waals surface area contributed by atoms with Gasteiger partial charge in [-0.15, -0.1) is 0 Å². The standard InChI is InChI=1S/C18H18N2O/c1-3-13-5-7-14(8-6-13)16-11-17(20-19-16)15-9-4-12(2)10-18(15)21/h4-11,21H,3H2,1-2H3,(H,19,20). The van der Waals surface area contributed by atoms with E-state index < -0.39 is 0 Å². The van der Waals surface area contributed by atoms with Gasteiger partial charge in [-0.3, -0.25) is 5.10 Å². The summed E-state index contributed by atoms with van der Waals surface area (Å²) >= 11 is 0. The second kappa shape index (κ2) is 5.44. The molecule has 106 valence electrons. The van der Waals surface area contributed by atoms with Crippen LogP contribution < -0.4 is 0 Å². The summed E-state index contributed by atoms with van der Waals surface area (Å²) in [6.07, 6.45) is 1.03. The molecule has 1 aromatic heterocycles. The highest BCUT2D eigenvalue weighted by Crippen LogP contribution is 2.30. The van der Waals surface area contributed by atoms with E-state index in [9.17, 15) is 5.11 Å². The van der Waals surface area contributed by atoms with Crippen molar-refractivity contribution < 1.29 is 5.11 Å². The predicted octanol–water partition coefficient (Wildman–Crippen LogP) is 4.32. The monoisotopic (exact) mass is 278 g/mol. The molecular formula is C18H18N2O. The molecule has 3 heteroatoms. The quantitative estimate of drug-likeness (QED) is 0.749. The molecule has 3 aromatic rings. The molecule has 0 atom stereocenters. The smallest absolute Gasteiger partial charge is 0.125 e. The van der Waals surface area contributed by atoms with Crippen molar-refractivity contribution in [2.24, 2.45) is 0 Å². The van der Waals surface area contributed by atoms with E-state index in [1.807, 2.05) is 25.1 Å². The fourth-order valence-corrected chi connectivity index (χ4v) is 2.39. The summed E-state index contributed by atoms with van der Waals surface area (Å²) in [7, 11) is 0. The summed E-state index contributed by atoms with van der Waals surface area (Å²) in [5.41, 5.74) is 5.89. The van der Waals surface area contributed by atoms with Crippen LogP contribution in [0.1, 0.15) is 18.1 Å². The van der Waals surface area contributed by atoms with Crippen molar-refractivity contribution in [3.8, 4) is 28.3 Å². The van der Waals surface area contributed by atoms with Crippen LogP contribution in [0.2, 0.25) is 0 Å². The van der Waals surface area contributed by atoms with Crippen LogP contribution in [-0.2, 0) is 6.42 Å². The topological polar surface area (TPSA) is 48.9 Å². The van der Waals surface area contributed by atoms with Gasteiger partial charge >= 0.3 is 0 Å². The van der Waals surface area contributed by atoms with Gasteiger partial charge < -0.3 is 5.11 Å². The van der Waals surface area contributed by atoms with E-state index in [0.29, 0.717) is 0 Å². The molecule has 0 saturated heterocycles. The predicted molar refractivity (Wildman–Crippen MR) is 85.2 cm³/mol. The molecule has 21 heavy (non-hydrogen) atoms. The first-order valence-electron chi connectivity index (χ1n) is 7.12. The van der Waals surface area contributed by atoms with Gasteiger partial charge in [0.1, 0.15) is 5.75 Å². The molecule has 0 aliphatic rings. The van der Waals surface area contributed by atoms with Crippen LogP contribution in [0.4, 0.5) is 0 Å². The van der Waals surface area contributed by atoms with E-state index in [-0.39, 0.29) is 5.75 Å². The summed E-state index contributed by atoms with van der Waals surface area (Å²) in [6, 6.07) is 16.0. The molecule has 2 aromatic carbocycles. The highest BCUT2D eigenvalue weighted by Gasteiger charge is 2.09. The van der Waals surface area contributed by atoms with Gasteiger partial charge in [0.05, 0.1) is 11.4 Å². The summed E-state index contributed by atoms with van der Waals surface area (Å²) < 4.78 is 0. The number of hydrogen-bond acceptors (Lipinski definition) is 2. The Morgan fingerprint density at radius 2 is 1.81 bits per heavy atom. The number of nitrogens with one attached hydrogen (secondary N) is 1. The van der Waals surface area contributed by atoms with Crippen LogP contribution in [0.3, 0.4) is 0 Å². The van der Waals surface area contributed by atoms with Gasteiger partial charge in [0, 0.05) is 11.1 Å². The van der Waals surface area contributed by atoms with Gasteiger partial charge in [-0.05, 0) is 42.7 Å². The molecule has 0 fully saturated rings. The van der Waals surface area contributed by atoms with Crippen molar-refractivity contribution >= 4 is 0 Å². The molecule has 1 heterocycles. The lowest BCUT2D eigenvalue weighted by Gasteiger charge is -2.02. The largest absolute Gasteiger partial charge is 0.507 e. The molecule has 0 bridgehead atoms. The molecule has 0 amide bonds. The Hall–Kier alpha value is -2.55. The molecule has 0 saturated carbocycles. The highest BCUT2D eigenvalue weighted by molar-refractivity contribution is 5.72. The second-order valence-corrected chi connectivity index (χ2v) is 5.24. The summed E-state index contributed by atoms with van der Waals surface area (Å²) in [5.74, 6) is 0.270. The number of hydrogen-bond donors (Lipinski definition) is 2. The zero-order valence-electron chi connectivity index (χ0n) is 12.2. The summed E-state index contributed by atoms with van der Waals surface area (Å²) in [4.78, 5) is 0. The van der Waals surface area contributed by atoms with Gasteiger partial charge in [0.2, 0.25) is 0 Å². The van der Waals surface area contributed by atoms with E-state index in [4.69, 9.17) is 0 Å². The van der Waals surface area contributed by atoms with Crippen molar-refractivity contribution in [3.63, 3.8) is 0 Å². The molecule has 0 unspecified atom stereocenters. The third-order valence-electron chi connectivity index (χ3n) is 3.68. The van der Waals surface area contributed by atoms with Crippen molar-refractivity contribution in [2.75, 3.05) is 0 Å². The maximum absolute atomic E-state index is 10.0. The fraction of sp³-hybridized carbons (Fsp3) is 0.167. The Morgan fingerprint density at radius 3 is 2.48 bits per heavy atom. The highest BCUT2D eigenvalue weighted by atomic mass is 16.3. The van der Waals surface area contributed by atoms with Crippen LogP contribution in [0.5, 0.6) is 5.75 Å². The van der Waals surface area contributed by atoms with E-state index in [1.54, 1.807) is 6.07 Å². The Morgan fingerprint density at radius 1 is 1.05 bits per heavy atom. The van der Waals surface area contributed by atoms with E-state index in [2.05, 4.69) is 41.4 Å². The van der Waals surface area contributed by atoms with Crippen molar-refractivity contribution in [3.05, 3.63) is 59.7 Å². The van der Waals surface area contributed by atoms with Crippen LogP contribution in [-0.4, -0.2) is 15.3 Å². The number of aromatic amines is 1. The average Bonchev–Trinajstić information content (AvgIpc) is 2.97. The van der Waals surface area contributed by atoms with Crippen LogP contribution in [0.15, 0.2) is 48.5 Å². The van der Waals surface area contributed by atoms with Gasteiger partial charge in [-0.1, -0.05) is 37.3 Å². The fourth-order valence-electron chi connectivity index (χ4n) is 2.39. The number of nitrogens with zero attached hydrogens (tertiary/aromatic N) is 1. The van der Waals surface area contributed by atoms with Crippen molar-refractivity contribution in [2.45, 2.75) is 20.3 Å². The van der Waals surface area contributed by atoms with Gasteiger partial charge in [-0.2, -0.15) is 5.10 Å². The minimum atomic E-state index is 0.270. The lowest BCUT2D eigenvalue weighted by Crippen LogP contribution is -1.81. The Bertz CT molecular complexity index is 757. The summed E-state index contributed by atoms with van der Waals surface area (Å²) in [5, 5.41) is 17.4. The number of aromatic nitrogens is 2. The van der Waals surface area contributed by atoms with Gasteiger partial charge in [0.25, 0.3) is 0 Å². The normalized spacial score (nSPS) is 10.8. The minimum absolute atomic E-state index is 0.270. The van der Waals surface area contributed by atoms with E-state index >= 15 is 0 Å². The van der Waals surface area contributed by atoms with E-state index in [1.165, 1.54) is 5.56 Å². The third kappa shape index (κ3) is 2.68. The lowest BCUT2D eigenvalue weighted by molar-refractivity contribution is 0.476. The maximum atomic E-state index is 10.0. The number of aryl methyl sites for hydroxylation is 2. The number of phenols is 1. The molecule has 3 rings (SSSR count). The molecule has 0 aliphatic heterocycles. The summed E-state index contributed by atoms with van der Waals surface area (Å²) in [6.45, 7) is 4.10. The number of phenolic OH excluding ortho intramolecular Hbond substituents is 1. The molecular weight excluding hydrogens is 260 g/mol. The molecule has 0 spiro atoms. The molecule has 3 nitrogen and oxygen atoms in total. The number of H-pyrrole nitrogens is 1. The van der Waals surface area contributed by atoms with Crippen molar-refractivity contribution in [1.82, 2.24) is 10.2 Å². The first kappa shape index (κ1) is 13.4. The molecule has 2 N–H and O–H groups in total. The third-order valence-corrected chi connectivity index (χ3v) is 3.68. The zero-order chi connectivity index (χ0) is 14.8. The van der Waals surface area contributed by atoms with Crippen LogP contribution in [0, 0.1) is 6.92 Å². The van der Waals surface area contributed by atoms with E-state index in [0.717, 1.165) is 34.5 Å². The lowest BCUT2D eigenvalue weighted by atomic mass is 10.1. The number of aromatic hydroxyl groups is 1. The van der Waals surface area contributed by atoms with Gasteiger partial charge in [0.15, 0.2) is 0 Å². The SMILES string of the molecule is CCc1ccc(-c2cc(-c3ccc(C)cc3O)[nH]n2)cc1. The number of benzene rings is 2. The van der Waals surface area contributed by atoms with Crippen LogP contribution in [0.25, 0.3) is 22.5 Å².